The summed E-state index contributed by atoms with van der Waals surface area (Å²) in [6, 6.07) is 16.2. The molecule has 0 spiro atoms. The third-order valence-electron chi connectivity index (χ3n) is 7.15. The van der Waals surface area contributed by atoms with E-state index in [4.69, 9.17) is 4.74 Å². The predicted molar refractivity (Wildman–Crippen MR) is 117 cm³/mol. The van der Waals surface area contributed by atoms with Crippen LogP contribution in [0.5, 0.6) is 0 Å². The molecule has 0 aliphatic heterocycles. The average molecular weight is 434 g/mol. The van der Waals surface area contributed by atoms with Gasteiger partial charge in [-0.25, -0.2) is 9.59 Å². The van der Waals surface area contributed by atoms with E-state index in [1.54, 1.807) is 0 Å². The van der Waals surface area contributed by atoms with Crippen LogP contribution in [0, 0.1) is 5.92 Å². The number of nitrogens with one attached hydrogen (secondary N) is 2. The van der Waals surface area contributed by atoms with E-state index < -0.39 is 17.6 Å². The topological polar surface area (TPSA) is 105 Å². The quantitative estimate of drug-likeness (QED) is 0.646. The van der Waals surface area contributed by atoms with Gasteiger partial charge in [-0.2, -0.15) is 0 Å². The van der Waals surface area contributed by atoms with Crippen LogP contribution >= 0.6 is 0 Å². The Balaban J connectivity index is 1.12. The monoisotopic (exact) mass is 434 g/mol. The van der Waals surface area contributed by atoms with Gasteiger partial charge in [0.05, 0.1) is 0 Å². The summed E-state index contributed by atoms with van der Waals surface area (Å²) in [5, 5.41) is 14.9. The Labute approximate surface area is 186 Å². The molecule has 7 nitrogen and oxygen atoms in total. The molecule has 0 heterocycles. The highest BCUT2D eigenvalue weighted by molar-refractivity contribution is 5.89. The first kappa shape index (κ1) is 20.5. The zero-order chi connectivity index (χ0) is 22.3. The average Bonchev–Trinajstić information content (AvgIpc) is 3.05. The summed E-state index contributed by atoms with van der Waals surface area (Å²) in [6.45, 7) is 0.248. The van der Waals surface area contributed by atoms with E-state index in [9.17, 15) is 19.5 Å². The van der Waals surface area contributed by atoms with Gasteiger partial charge in [-0.3, -0.25) is 4.79 Å². The Morgan fingerprint density at radius 3 is 2.09 bits per heavy atom. The first-order chi connectivity index (χ1) is 15.5. The highest BCUT2D eigenvalue weighted by Gasteiger charge is 2.48. The Bertz CT molecular complexity index is 1030. The number of rotatable bonds is 6. The van der Waals surface area contributed by atoms with Gasteiger partial charge in [0, 0.05) is 17.9 Å². The molecule has 0 atom stereocenters. The number of amides is 2. The second-order valence-corrected chi connectivity index (χ2v) is 9.07. The molecule has 3 aliphatic carbocycles. The Hall–Kier alpha value is -3.35. The first-order valence-electron chi connectivity index (χ1n) is 11.1. The molecule has 2 amide bonds. The SMILES string of the molecule is O=C(NC1CC(C(=O)NC2(C(=O)O)CCC2)C1)OCC1c2ccccc2-c2ccccc21. The second kappa shape index (κ2) is 7.97. The fraction of sp³-hybridized carbons (Fsp3) is 0.400. The number of ether oxygens (including phenoxy) is 1. The predicted octanol–water partition coefficient (Wildman–Crippen LogP) is 3.43. The first-order valence-corrected chi connectivity index (χ1v) is 11.1. The van der Waals surface area contributed by atoms with Gasteiger partial charge in [0.2, 0.25) is 5.91 Å². The normalized spacial score (nSPS) is 22.5. The molecule has 2 saturated carbocycles. The summed E-state index contributed by atoms with van der Waals surface area (Å²) < 4.78 is 5.55. The van der Waals surface area contributed by atoms with Crippen LogP contribution in [0.25, 0.3) is 11.1 Å². The Kier molecular flexibility index (Phi) is 5.12. The number of carboxylic acids is 1. The summed E-state index contributed by atoms with van der Waals surface area (Å²) >= 11 is 0. The van der Waals surface area contributed by atoms with Gasteiger partial charge in [-0.15, -0.1) is 0 Å². The van der Waals surface area contributed by atoms with Crippen LogP contribution in [-0.4, -0.2) is 41.3 Å². The largest absolute Gasteiger partial charge is 0.480 e. The van der Waals surface area contributed by atoms with Gasteiger partial charge >= 0.3 is 12.1 Å². The smallest absolute Gasteiger partial charge is 0.407 e. The van der Waals surface area contributed by atoms with Gasteiger partial charge in [0.1, 0.15) is 12.1 Å². The van der Waals surface area contributed by atoms with Crippen LogP contribution in [-0.2, 0) is 14.3 Å². The number of carbonyl (C=O) groups is 3. The molecule has 0 bridgehead atoms. The van der Waals surface area contributed by atoms with Crippen molar-refractivity contribution in [1.29, 1.82) is 0 Å². The maximum absolute atomic E-state index is 12.4. The molecule has 2 fully saturated rings. The van der Waals surface area contributed by atoms with E-state index in [2.05, 4.69) is 34.9 Å². The van der Waals surface area contributed by atoms with E-state index in [0.717, 1.165) is 17.5 Å². The van der Waals surface area contributed by atoms with Gasteiger partial charge in [0.15, 0.2) is 0 Å². The molecule has 5 rings (SSSR count). The number of hydrogen-bond acceptors (Lipinski definition) is 4. The molecule has 2 aromatic rings. The molecule has 3 aliphatic rings. The molecular weight excluding hydrogens is 408 g/mol. The number of fused-ring (bicyclic) bond motifs is 3. The van der Waals surface area contributed by atoms with Crippen molar-refractivity contribution >= 4 is 18.0 Å². The van der Waals surface area contributed by atoms with E-state index in [-0.39, 0.29) is 30.4 Å². The van der Waals surface area contributed by atoms with Crippen molar-refractivity contribution < 1.29 is 24.2 Å². The molecular formula is C25H26N2O5. The molecule has 0 radical (unpaired) electrons. The van der Waals surface area contributed by atoms with Crippen LogP contribution in [0.3, 0.4) is 0 Å². The van der Waals surface area contributed by atoms with Crippen molar-refractivity contribution in [2.24, 2.45) is 5.92 Å². The minimum absolute atomic E-state index is 0.00255. The van der Waals surface area contributed by atoms with Crippen molar-refractivity contribution in [2.45, 2.75) is 49.6 Å². The zero-order valence-corrected chi connectivity index (χ0v) is 17.7. The molecule has 0 aromatic heterocycles. The van der Waals surface area contributed by atoms with Gasteiger partial charge in [-0.1, -0.05) is 48.5 Å². The maximum atomic E-state index is 12.4. The van der Waals surface area contributed by atoms with E-state index in [0.29, 0.717) is 25.7 Å². The van der Waals surface area contributed by atoms with Crippen LogP contribution in [0.15, 0.2) is 48.5 Å². The molecule has 0 saturated heterocycles. The van der Waals surface area contributed by atoms with Crippen molar-refractivity contribution in [3.05, 3.63) is 59.7 Å². The van der Waals surface area contributed by atoms with Crippen LogP contribution in [0.2, 0.25) is 0 Å². The fourth-order valence-corrected chi connectivity index (χ4v) is 5.02. The number of hydrogen-bond donors (Lipinski definition) is 3. The van der Waals surface area contributed by atoms with Gasteiger partial charge in [0.25, 0.3) is 0 Å². The van der Waals surface area contributed by atoms with Crippen LogP contribution in [0.4, 0.5) is 4.79 Å². The Morgan fingerprint density at radius 2 is 1.56 bits per heavy atom. The molecule has 7 heteroatoms. The number of alkyl carbamates (subject to hydrolysis) is 1. The van der Waals surface area contributed by atoms with Crippen molar-refractivity contribution in [1.82, 2.24) is 10.6 Å². The highest BCUT2D eigenvalue weighted by atomic mass is 16.5. The Morgan fingerprint density at radius 1 is 0.969 bits per heavy atom. The lowest BCUT2D eigenvalue weighted by atomic mass is 9.74. The van der Waals surface area contributed by atoms with Crippen molar-refractivity contribution in [3.8, 4) is 11.1 Å². The summed E-state index contributed by atoms with van der Waals surface area (Å²) in [5.41, 5.74) is 3.57. The van der Waals surface area contributed by atoms with Crippen LogP contribution < -0.4 is 10.6 Å². The van der Waals surface area contributed by atoms with E-state index in [1.807, 2.05) is 24.3 Å². The van der Waals surface area contributed by atoms with E-state index >= 15 is 0 Å². The molecule has 3 N–H and O–H groups in total. The lowest BCUT2D eigenvalue weighted by molar-refractivity contribution is -0.153. The summed E-state index contributed by atoms with van der Waals surface area (Å²) in [4.78, 5) is 36.2. The molecule has 166 valence electrons. The summed E-state index contributed by atoms with van der Waals surface area (Å²) in [6.07, 6.45) is 2.25. The lowest BCUT2D eigenvalue weighted by Gasteiger charge is -2.41. The zero-order valence-electron chi connectivity index (χ0n) is 17.7. The molecule has 2 aromatic carbocycles. The molecule has 32 heavy (non-hydrogen) atoms. The highest BCUT2D eigenvalue weighted by Crippen LogP contribution is 2.44. The summed E-state index contributed by atoms with van der Waals surface area (Å²) in [7, 11) is 0. The molecule has 0 unspecified atom stereocenters. The summed E-state index contributed by atoms with van der Waals surface area (Å²) in [5.74, 6) is -1.48. The maximum Gasteiger partial charge on any atom is 0.407 e. The van der Waals surface area contributed by atoms with Gasteiger partial charge < -0.3 is 20.5 Å². The third-order valence-corrected chi connectivity index (χ3v) is 7.15. The number of benzene rings is 2. The van der Waals surface area contributed by atoms with E-state index in [1.165, 1.54) is 11.1 Å². The van der Waals surface area contributed by atoms with Crippen LogP contribution in [0.1, 0.15) is 49.1 Å². The van der Waals surface area contributed by atoms with Gasteiger partial charge in [-0.05, 0) is 54.4 Å². The second-order valence-electron chi connectivity index (χ2n) is 9.07. The standard InChI is InChI=1S/C25H26N2O5/c28-22(27-25(23(29)30)10-5-11-25)15-12-16(13-15)26-24(31)32-14-21-19-8-3-1-6-17(19)18-7-2-4-9-20(18)21/h1-4,6-9,15-16,21H,5,10-14H2,(H,26,31)(H,27,28)(H,29,30). The number of carboxylic acid groups (broad SMARTS) is 1. The van der Waals surface area contributed by atoms with Crippen molar-refractivity contribution in [2.75, 3.05) is 6.61 Å². The fourth-order valence-electron chi connectivity index (χ4n) is 5.02. The van der Waals surface area contributed by atoms with Crippen molar-refractivity contribution in [3.63, 3.8) is 0 Å². The lowest BCUT2D eigenvalue weighted by Crippen LogP contribution is -2.62. The minimum Gasteiger partial charge on any atom is -0.480 e. The number of carbonyl (C=O) groups excluding carboxylic acids is 2. The third kappa shape index (κ3) is 3.51. The number of aliphatic carboxylic acids is 1. The minimum atomic E-state index is -1.09.